The van der Waals surface area contributed by atoms with Crippen molar-refractivity contribution in [3.8, 4) is 11.8 Å². The number of carbonyl (C=O) groups is 1. The van der Waals surface area contributed by atoms with Gasteiger partial charge in [-0.15, -0.1) is 0 Å². The van der Waals surface area contributed by atoms with Gasteiger partial charge in [-0.1, -0.05) is 5.92 Å². The van der Waals surface area contributed by atoms with Crippen molar-refractivity contribution in [2.45, 2.75) is 12.8 Å². The number of hydrogen-bond acceptors (Lipinski definition) is 2. The molecule has 0 bridgehead atoms. The number of esters is 1. The van der Waals surface area contributed by atoms with Crippen LogP contribution in [-0.2, 0) is 9.53 Å². The first-order valence-corrected chi connectivity index (χ1v) is 3.52. The predicted octanol–water partition coefficient (Wildman–Crippen LogP) is 1.06. The van der Waals surface area contributed by atoms with Crippen LogP contribution in [0.25, 0.3) is 0 Å². The number of methoxy groups -OCH3 is 1. The summed E-state index contributed by atoms with van der Waals surface area (Å²) in [6, 6.07) is 0. The number of hydrogen-bond donors (Lipinski definition) is 0. The Hall–Kier alpha value is -1.11. The minimum absolute atomic E-state index is 0.216. The number of halogens is 2. The second kappa shape index (κ2) is 3.53. The van der Waals surface area contributed by atoms with Crippen LogP contribution in [0.1, 0.15) is 6.42 Å². The normalized spacial score (nSPS) is 26.0. The summed E-state index contributed by atoms with van der Waals surface area (Å²) >= 11 is 0. The molecule has 0 aliphatic heterocycles. The predicted molar refractivity (Wildman–Crippen MR) is 37.4 cm³/mol. The summed E-state index contributed by atoms with van der Waals surface area (Å²) in [5.74, 6) is 3.20. The highest BCUT2D eigenvalue weighted by Crippen LogP contribution is 2.38. The Bertz CT molecular complexity index is 239. The number of rotatable bonds is 1. The molecule has 4 heteroatoms. The lowest BCUT2D eigenvalue weighted by molar-refractivity contribution is -0.142. The quantitative estimate of drug-likeness (QED) is 0.439. The third kappa shape index (κ3) is 2.19. The largest absolute Gasteiger partial charge is 0.469 e. The third-order valence-corrected chi connectivity index (χ3v) is 1.67. The number of carbonyl (C=O) groups excluding carboxylic acids is 1. The fourth-order valence-corrected chi connectivity index (χ4v) is 0.936. The highest BCUT2D eigenvalue weighted by Gasteiger charge is 2.43. The minimum Gasteiger partial charge on any atom is -0.469 e. The van der Waals surface area contributed by atoms with E-state index in [9.17, 15) is 13.6 Å². The maximum atomic E-state index is 11.5. The molecule has 2 nitrogen and oxygen atoms in total. The van der Waals surface area contributed by atoms with E-state index < -0.39 is 6.43 Å². The molecule has 0 aromatic rings. The van der Waals surface area contributed by atoms with Gasteiger partial charge in [-0.2, -0.15) is 8.78 Å². The van der Waals surface area contributed by atoms with E-state index in [1.54, 1.807) is 5.92 Å². The lowest BCUT2D eigenvalue weighted by Gasteiger charge is -1.91. The van der Waals surface area contributed by atoms with E-state index in [0.717, 1.165) is 0 Å². The molecular formula is C8H8F2O2. The Morgan fingerprint density at radius 2 is 2.33 bits per heavy atom. The summed E-state index contributed by atoms with van der Waals surface area (Å²) in [4.78, 5) is 10.8. The fourth-order valence-electron chi connectivity index (χ4n) is 0.936. The van der Waals surface area contributed by atoms with E-state index in [1.807, 2.05) is 0 Å². The van der Waals surface area contributed by atoms with Gasteiger partial charge in [0.25, 0.3) is 6.43 Å². The Morgan fingerprint density at radius 1 is 1.67 bits per heavy atom. The van der Waals surface area contributed by atoms with Crippen molar-refractivity contribution in [3.63, 3.8) is 0 Å². The highest BCUT2D eigenvalue weighted by atomic mass is 19.3. The van der Waals surface area contributed by atoms with Crippen molar-refractivity contribution in [2.75, 3.05) is 7.11 Å². The van der Waals surface area contributed by atoms with E-state index in [-0.39, 0.29) is 17.8 Å². The zero-order valence-electron chi connectivity index (χ0n) is 6.51. The molecule has 0 spiro atoms. The second-order valence-corrected chi connectivity index (χ2v) is 2.56. The lowest BCUT2D eigenvalue weighted by atomic mass is 10.3. The van der Waals surface area contributed by atoms with Crippen molar-refractivity contribution < 1.29 is 18.3 Å². The van der Waals surface area contributed by atoms with Crippen LogP contribution >= 0.6 is 0 Å². The van der Waals surface area contributed by atoms with Crippen LogP contribution in [0, 0.1) is 23.7 Å². The van der Waals surface area contributed by atoms with E-state index in [2.05, 4.69) is 10.7 Å². The zero-order valence-corrected chi connectivity index (χ0v) is 6.51. The van der Waals surface area contributed by atoms with Crippen LogP contribution in [0.4, 0.5) is 8.78 Å². The number of alkyl halides is 2. The summed E-state index contributed by atoms with van der Waals surface area (Å²) in [5, 5.41) is 0. The first kappa shape index (κ1) is 8.98. The van der Waals surface area contributed by atoms with Crippen molar-refractivity contribution >= 4 is 5.97 Å². The van der Waals surface area contributed by atoms with Crippen LogP contribution in [0.15, 0.2) is 0 Å². The molecule has 1 aliphatic carbocycles. The van der Waals surface area contributed by atoms with Gasteiger partial charge in [0.05, 0.1) is 13.0 Å². The van der Waals surface area contributed by atoms with Crippen LogP contribution in [-0.4, -0.2) is 19.5 Å². The number of ether oxygens (including phenoxy) is 1. The standard InChI is InChI=1S/C8H8F2O2/c1-12-8(11)6-4-5(6)2-3-7(9)10/h5-7H,4H2,1H3/t5-,6-/m0/s1. The monoisotopic (exact) mass is 174 g/mol. The van der Waals surface area contributed by atoms with Gasteiger partial charge >= 0.3 is 5.97 Å². The molecule has 0 amide bonds. The summed E-state index contributed by atoms with van der Waals surface area (Å²) in [6.45, 7) is 0. The SMILES string of the molecule is COC(=O)[C@H]1C[C@@H]1C#CC(F)F. The van der Waals surface area contributed by atoms with Crippen LogP contribution in [0.5, 0.6) is 0 Å². The zero-order chi connectivity index (χ0) is 9.14. The molecule has 1 fully saturated rings. The molecule has 0 radical (unpaired) electrons. The molecule has 1 aliphatic rings. The smallest absolute Gasteiger partial charge is 0.309 e. The van der Waals surface area contributed by atoms with Crippen LogP contribution in [0.3, 0.4) is 0 Å². The molecular weight excluding hydrogens is 166 g/mol. The van der Waals surface area contributed by atoms with Crippen molar-refractivity contribution in [1.82, 2.24) is 0 Å². The molecule has 1 rings (SSSR count). The molecule has 66 valence electrons. The van der Waals surface area contributed by atoms with Gasteiger partial charge in [-0.3, -0.25) is 4.79 Å². The van der Waals surface area contributed by atoms with E-state index in [1.165, 1.54) is 7.11 Å². The van der Waals surface area contributed by atoms with E-state index in [0.29, 0.717) is 6.42 Å². The molecule has 2 atom stereocenters. The first-order chi connectivity index (χ1) is 5.65. The first-order valence-electron chi connectivity index (χ1n) is 3.52. The minimum atomic E-state index is -2.61. The van der Waals surface area contributed by atoms with Gasteiger partial charge in [0.2, 0.25) is 0 Å². The Kier molecular flexibility index (Phi) is 2.64. The third-order valence-electron chi connectivity index (χ3n) is 1.67. The molecule has 0 aromatic carbocycles. The average molecular weight is 174 g/mol. The lowest BCUT2D eigenvalue weighted by Crippen LogP contribution is -2.03. The van der Waals surface area contributed by atoms with Gasteiger partial charge < -0.3 is 4.74 Å². The molecule has 12 heavy (non-hydrogen) atoms. The molecule has 0 aromatic heterocycles. The average Bonchev–Trinajstić information content (AvgIpc) is 2.78. The van der Waals surface area contributed by atoms with Gasteiger partial charge in [-0.25, -0.2) is 0 Å². The summed E-state index contributed by atoms with van der Waals surface area (Å²) < 4.78 is 27.5. The van der Waals surface area contributed by atoms with Gasteiger partial charge in [0.15, 0.2) is 0 Å². The maximum absolute atomic E-state index is 11.5. The Balaban J connectivity index is 2.35. The van der Waals surface area contributed by atoms with Crippen molar-refractivity contribution in [2.24, 2.45) is 11.8 Å². The van der Waals surface area contributed by atoms with Crippen LogP contribution < -0.4 is 0 Å². The van der Waals surface area contributed by atoms with Gasteiger partial charge in [-0.05, 0) is 12.3 Å². The molecule has 0 heterocycles. The van der Waals surface area contributed by atoms with Gasteiger partial charge in [0, 0.05) is 5.92 Å². The van der Waals surface area contributed by atoms with Gasteiger partial charge in [0.1, 0.15) is 0 Å². The summed E-state index contributed by atoms with van der Waals surface area (Å²) in [5.41, 5.74) is 0. The van der Waals surface area contributed by atoms with Crippen molar-refractivity contribution in [3.05, 3.63) is 0 Å². The van der Waals surface area contributed by atoms with Crippen molar-refractivity contribution in [1.29, 1.82) is 0 Å². The molecule has 1 saturated carbocycles. The second-order valence-electron chi connectivity index (χ2n) is 2.56. The Morgan fingerprint density at radius 3 is 2.83 bits per heavy atom. The summed E-state index contributed by atoms with van der Waals surface area (Å²) in [6.07, 6.45) is -2.06. The molecule has 0 saturated heterocycles. The summed E-state index contributed by atoms with van der Waals surface area (Å²) in [7, 11) is 1.28. The van der Waals surface area contributed by atoms with E-state index >= 15 is 0 Å². The molecule has 0 unspecified atom stereocenters. The fraction of sp³-hybridized carbons (Fsp3) is 0.625. The Labute approximate surface area is 68.9 Å². The van der Waals surface area contributed by atoms with E-state index in [4.69, 9.17) is 0 Å². The maximum Gasteiger partial charge on any atom is 0.309 e. The van der Waals surface area contributed by atoms with Crippen LogP contribution in [0.2, 0.25) is 0 Å². The topological polar surface area (TPSA) is 26.3 Å². The highest BCUT2D eigenvalue weighted by molar-refractivity contribution is 5.76. The molecule has 0 N–H and O–H groups in total.